The van der Waals surface area contributed by atoms with Gasteiger partial charge in [0.2, 0.25) is 0 Å². The number of benzene rings is 1. The summed E-state index contributed by atoms with van der Waals surface area (Å²) in [6.07, 6.45) is 2.94. The van der Waals surface area contributed by atoms with Crippen LogP contribution in [0.1, 0.15) is 37.5 Å². The van der Waals surface area contributed by atoms with Crippen molar-refractivity contribution in [3.63, 3.8) is 0 Å². The molecule has 1 aromatic carbocycles. The Kier molecular flexibility index (Phi) is 3.13. The lowest BCUT2D eigenvalue weighted by Gasteiger charge is -2.29. The molecule has 1 N–H and O–H groups in total. The van der Waals surface area contributed by atoms with E-state index in [2.05, 4.69) is 48.5 Å². The number of fused-ring (bicyclic) bond motifs is 1. The van der Waals surface area contributed by atoms with Gasteiger partial charge in [-0.15, -0.1) is 5.10 Å². The van der Waals surface area contributed by atoms with Crippen molar-refractivity contribution in [3.05, 3.63) is 35.0 Å². The predicted molar refractivity (Wildman–Crippen MR) is 80.5 cm³/mol. The first-order valence-electron chi connectivity index (χ1n) is 7.19. The van der Waals surface area contributed by atoms with Crippen LogP contribution in [0.2, 0.25) is 0 Å². The molecule has 20 heavy (non-hydrogen) atoms. The van der Waals surface area contributed by atoms with Crippen LogP contribution >= 0.6 is 0 Å². The molecular weight excluding hydrogens is 248 g/mol. The van der Waals surface area contributed by atoms with E-state index in [4.69, 9.17) is 0 Å². The maximum atomic E-state index is 4.05. The zero-order chi connectivity index (χ0) is 14.3. The van der Waals surface area contributed by atoms with E-state index < -0.39 is 0 Å². The van der Waals surface area contributed by atoms with Gasteiger partial charge in [0.1, 0.15) is 0 Å². The van der Waals surface area contributed by atoms with Crippen LogP contribution in [0, 0.1) is 0 Å². The van der Waals surface area contributed by atoms with E-state index in [1.54, 1.807) is 0 Å². The van der Waals surface area contributed by atoms with E-state index in [9.17, 15) is 0 Å². The molecular formula is C16H22N4. The lowest BCUT2D eigenvalue weighted by atomic mass is 9.79. The van der Waals surface area contributed by atoms with Crippen molar-refractivity contribution in [2.24, 2.45) is 7.05 Å². The van der Waals surface area contributed by atoms with E-state index in [1.165, 1.54) is 22.3 Å². The summed E-state index contributed by atoms with van der Waals surface area (Å²) >= 11 is 0. The third kappa shape index (κ3) is 2.24. The largest absolute Gasteiger partial charge is 0.312 e. The number of rotatable bonds is 1. The Balaban J connectivity index is 2.21. The fraction of sp³-hybridized carbons (Fsp3) is 0.500. The number of nitrogens with one attached hydrogen (secondary N) is 1. The Hall–Kier alpha value is -1.68. The zero-order valence-corrected chi connectivity index (χ0v) is 12.7. The monoisotopic (exact) mass is 270 g/mol. The number of nitrogens with zero attached hydrogens (tertiary/aromatic N) is 3. The Bertz CT molecular complexity index is 634. The van der Waals surface area contributed by atoms with Crippen molar-refractivity contribution in [3.8, 4) is 11.3 Å². The van der Waals surface area contributed by atoms with Gasteiger partial charge >= 0.3 is 0 Å². The minimum atomic E-state index is 0.144. The summed E-state index contributed by atoms with van der Waals surface area (Å²) in [5, 5.41) is 11.5. The van der Waals surface area contributed by atoms with Crippen LogP contribution in [0.5, 0.6) is 0 Å². The summed E-state index contributed by atoms with van der Waals surface area (Å²) in [5.74, 6) is 0. The van der Waals surface area contributed by atoms with Crippen LogP contribution in [0.3, 0.4) is 0 Å². The lowest BCUT2D eigenvalue weighted by Crippen LogP contribution is -2.27. The summed E-state index contributed by atoms with van der Waals surface area (Å²) in [7, 11) is 1.94. The van der Waals surface area contributed by atoms with Crippen LogP contribution in [0.25, 0.3) is 11.3 Å². The van der Waals surface area contributed by atoms with Crippen LogP contribution < -0.4 is 5.32 Å². The summed E-state index contributed by atoms with van der Waals surface area (Å²) in [5.41, 5.74) is 6.82. The molecule has 0 bridgehead atoms. The van der Waals surface area contributed by atoms with Crippen molar-refractivity contribution in [1.29, 1.82) is 0 Å². The van der Waals surface area contributed by atoms with Gasteiger partial charge in [-0.3, -0.25) is 0 Å². The molecule has 0 spiro atoms. The standard InChI is InChI=1S/C16H22N4/c1-16(2,3)14-8-12(15-10-18-19-20(15)4)7-11-5-6-17-9-13(11)14/h7-8,10,17H,5-6,9H2,1-4H3. The highest BCUT2D eigenvalue weighted by molar-refractivity contribution is 5.63. The number of hydrogen-bond donors (Lipinski definition) is 1. The normalized spacial score (nSPS) is 15.2. The van der Waals surface area contributed by atoms with Gasteiger partial charge in [-0.25, -0.2) is 4.68 Å². The summed E-state index contributed by atoms with van der Waals surface area (Å²) in [6.45, 7) is 8.88. The van der Waals surface area contributed by atoms with Gasteiger partial charge in [0.05, 0.1) is 11.9 Å². The molecule has 4 nitrogen and oxygen atoms in total. The molecule has 0 radical (unpaired) electrons. The average molecular weight is 270 g/mol. The van der Waals surface area contributed by atoms with Crippen LogP contribution in [0.4, 0.5) is 0 Å². The highest BCUT2D eigenvalue weighted by Gasteiger charge is 2.23. The third-order valence-electron chi connectivity index (χ3n) is 4.03. The Morgan fingerprint density at radius 3 is 2.70 bits per heavy atom. The fourth-order valence-electron chi connectivity index (χ4n) is 2.97. The minimum absolute atomic E-state index is 0.144. The summed E-state index contributed by atoms with van der Waals surface area (Å²) < 4.78 is 1.84. The van der Waals surface area contributed by atoms with E-state index in [-0.39, 0.29) is 5.41 Å². The quantitative estimate of drug-likeness (QED) is 0.865. The molecule has 0 amide bonds. The van der Waals surface area contributed by atoms with Gasteiger partial charge in [-0.1, -0.05) is 26.0 Å². The van der Waals surface area contributed by atoms with Crippen molar-refractivity contribution in [2.45, 2.75) is 39.2 Å². The maximum absolute atomic E-state index is 4.05. The smallest absolute Gasteiger partial charge is 0.0882 e. The molecule has 0 saturated carbocycles. The van der Waals surface area contributed by atoms with E-state index >= 15 is 0 Å². The fourth-order valence-corrected chi connectivity index (χ4v) is 2.97. The molecule has 0 saturated heterocycles. The molecule has 1 aliphatic heterocycles. The Morgan fingerprint density at radius 2 is 2.05 bits per heavy atom. The molecule has 0 atom stereocenters. The molecule has 0 fully saturated rings. The first-order valence-corrected chi connectivity index (χ1v) is 7.19. The topological polar surface area (TPSA) is 42.7 Å². The van der Waals surface area contributed by atoms with Crippen molar-refractivity contribution >= 4 is 0 Å². The minimum Gasteiger partial charge on any atom is -0.312 e. The van der Waals surface area contributed by atoms with Crippen molar-refractivity contribution in [2.75, 3.05) is 6.54 Å². The molecule has 106 valence electrons. The van der Waals surface area contributed by atoms with Gasteiger partial charge in [0.15, 0.2) is 0 Å². The Labute approximate surface area is 120 Å². The highest BCUT2D eigenvalue weighted by Crippen LogP contribution is 2.34. The van der Waals surface area contributed by atoms with Gasteiger partial charge in [0.25, 0.3) is 0 Å². The van der Waals surface area contributed by atoms with E-state index in [1.807, 2.05) is 17.9 Å². The van der Waals surface area contributed by atoms with Crippen LogP contribution in [0.15, 0.2) is 18.3 Å². The predicted octanol–water partition coefficient (Wildman–Crippen LogP) is 2.43. The third-order valence-corrected chi connectivity index (χ3v) is 4.03. The number of aromatic nitrogens is 3. The van der Waals surface area contributed by atoms with Gasteiger partial charge in [-0.2, -0.15) is 0 Å². The number of hydrogen-bond acceptors (Lipinski definition) is 3. The van der Waals surface area contributed by atoms with Crippen molar-refractivity contribution < 1.29 is 0 Å². The zero-order valence-electron chi connectivity index (χ0n) is 12.7. The Morgan fingerprint density at radius 1 is 1.25 bits per heavy atom. The molecule has 1 aromatic heterocycles. The van der Waals surface area contributed by atoms with Crippen molar-refractivity contribution in [1.82, 2.24) is 20.3 Å². The first-order chi connectivity index (χ1) is 9.47. The number of aryl methyl sites for hydroxylation is 1. The maximum Gasteiger partial charge on any atom is 0.0882 e. The van der Waals surface area contributed by atoms with E-state index in [0.717, 1.165) is 25.2 Å². The second-order valence-corrected chi connectivity index (χ2v) is 6.58. The summed E-state index contributed by atoms with van der Waals surface area (Å²) in [4.78, 5) is 0. The highest BCUT2D eigenvalue weighted by atomic mass is 15.4. The molecule has 2 aromatic rings. The van der Waals surface area contributed by atoms with Crippen LogP contribution in [-0.2, 0) is 25.4 Å². The molecule has 3 rings (SSSR count). The molecule has 1 aliphatic rings. The second-order valence-electron chi connectivity index (χ2n) is 6.58. The average Bonchev–Trinajstić information content (AvgIpc) is 2.82. The summed E-state index contributed by atoms with van der Waals surface area (Å²) in [6, 6.07) is 4.62. The molecule has 0 unspecified atom stereocenters. The molecule has 2 heterocycles. The first kappa shape index (κ1) is 13.3. The van der Waals surface area contributed by atoms with Gasteiger partial charge in [0, 0.05) is 19.2 Å². The molecule has 4 heteroatoms. The SMILES string of the molecule is Cn1nncc1-c1cc2c(c(C(C)(C)C)c1)CNCC2. The van der Waals surface area contributed by atoms with Crippen LogP contribution in [-0.4, -0.2) is 21.5 Å². The van der Waals surface area contributed by atoms with E-state index in [0.29, 0.717) is 0 Å². The second kappa shape index (κ2) is 4.70. The van der Waals surface area contributed by atoms with Gasteiger partial charge in [-0.05, 0) is 47.2 Å². The lowest BCUT2D eigenvalue weighted by molar-refractivity contribution is 0.560. The molecule has 0 aliphatic carbocycles. The van der Waals surface area contributed by atoms with Gasteiger partial charge < -0.3 is 5.32 Å².